The normalized spacial score (nSPS) is 10.4. The van der Waals surface area contributed by atoms with Crippen molar-refractivity contribution in [2.45, 2.75) is 11.4 Å². The van der Waals surface area contributed by atoms with E-state index in [1.54, 1.807) is 0 Å². The predicted molar refractivity (Wildman–Crippen MR) is 83.1 cm³/mol. The van der Waals surface area contributed by atoms with E-state index in [2.05, 4.69) is 21.2 Å². The molecule has 0 spiro atoms. The lowest BCUT2D eigenvalue weighted by Crippen LogP contribution is -2.24. The maximum atomic E-state index is 13.0. The molecule has 21 heavy (non-hydrogen) atoms. The fourth-order valence-electron chi connectivity index (χ4n) is 1.61. The van der Waals surface area contributed by atoms with Crippen LogP contribution in [-0.2, 0) is 11.3 Å². The van der Waals surface area contributed by atoms with Crippen LogP contribution < -0.4 is 5.32 Å². The van der Waals surface area contributed by atoms with Gasteiger partial charge >= 0.3 is 0 Å². The molecule has 6 heteroatoms. The van der Waals surface area contributed by atoms with E-state index in [1.807, 2.05) is 24.3 Å². The standard InChI is InChI=1S/C15H12BrF2NOS/c16-11-3-1-2-10(6-11)8-19-15(20)9-21-12-4-5-13(17)14(18)7-12/h1-7H,8-9H2,(H,19,20). The summed E-state index contributed by atoms with van der Waals surface area (Å²) < 4.78 is 26.7. The highest BCUT2D eigenvalue weighted by molar-refractivity contribution is 9.10. The van der Waals surface area contributed by atoms with Gasteiger partial charge in [-0.3, -0.25) is 4.79 Å². The maximum absolute atomic E-state index is 13.0. The van der Waals surface area contributed by atoms with Gasteiger partial charge < -0.3 is 5.32 Å². The maximum Gasteiger partial charge on any atom is 0.230 e. The van der Waals surface area contributed by atoms with E-state index in [4.69, 9.17) is 0 Å². The number of carbonyl (C=O) groups excluding carboxylic acids is 1. The molecule has 0 radical (unpaired) electrons. The first kappa shape index (κ1) is 16.0. The van der Waals surface area contributed by atoms with Crippen molar-refractivity contribution >= 4 is 33.6 Å². The molecule has 0 atom stereocenters. The van der Waals surface area contributed by atoms with Crippen molar-refractivity contribution in [3.63, 3.8) is 0 Å². The van der Waals surface area contributed by atoms with Gasteiger partial charge in [-0.05, 0) is 35.9 Å². The molecular formula is C15H12BrF2NOS. The second kappa shape index (κ2) is 7.56. The Morgan fingerprint density at radius 2 is 1.95 bits per heavy atom. The van der Waals surface area contributed by atoms with E-state index >= 15 is 0 Å². The Bertz CT molecular complexity index is 651. The highest BCUT2D eigenvalue weighted by atomic mass is 79.9. The summed E-state index contributed by atoms with van der Waals surface area (Å²) in [7, 11) is 0. The van der Waals surface area contributed by atoms with Crippen LogP contribution >= 0.6 is 27.7 Å². The molecule has 2 aromatic carbocycles. The second-order valence-corrected chi connectivity index (χ2v) is 6.24. The molecule has 0 saturated heterocycles. The molecule has 110 valence electrons. The highest BCUT2D eigenvalue weighted by Crippen LogP contribution is 2.20. The van der Waals surface area contributed by atoms with Gasteiger partial charge in [-0.15, -0.1) is 11.8 Å². The van der Waals surface area contributed by atoms with Crippen LogP contribution in [0.2, 0.25) is 0 Å². The molecule has 2 nitrogen and oxygen atoms in total. The molecule has 0 bridgehead atoms. The molecule has 0 heterocycles. The first-order valence-corrected chi connectivity index (χ1v) is 7.91. The number of hydrogen-bond donors (Lipinski definition) is 1. The monoisotopic (exact) mass is 371 g/mol. The zero-order valence-corrected chi connectivity index (χ0v) is 13.3. The summed E-state index contributed by atoms with van der Waals surface area (Å²) >= 11 is 4.52. The molecule has 2 rings (SSSR count). The van der Waals surface area contributed by atoms with Gasteiger partial charge in [0.05, 0.1) is 5.75 Å². The lowest BCUT2D eigenvalue weighted by molar-refractivity contribution is -0.118. The number of nitrogens with one attached hydrogen (secondary N) is 1. The molecule has 1 N–H and O–H groups in total. The third-order valence-corrected chi connectivity index (χ3v) is 4.13. The SMILES string of the molecule is O=C(CSc1ccc(F)c(F)c1)NCc1cccc(Br)c1. The Morgan fingerprint density at radius 1 is 1.14 bits per heavy atom. The molecule has 1 amide bonds. The Morgan fingerprint density at radius 3 is 2.67 bits per heavy atom. The smallest absolute Gasteiger partial charge is 0.230 e. The average Bonchev–Trinajstić information content (AvgIpc) is 2.46. The fourth-order valence-corrected chi connectivity index (χ4v) is 2.81. The summed E-state index contributed by atoms with van der Waals surface area (Å²) in [5.74, 6) is -1.81. The van der Waals surface area contributed by atoms with Crippen molar-refractivity contribution in [3.05, 3.63) is 64.1 Å². The first-order chi connectivity index (χ1) is 10.0. The van der Waals surface area contributed by atoms with Crippen molar-refractivity contribution in [3.8, 4) is 0 Å². The van der Waals surface area contributed by atoms with Gasteiger partial charge in [-0.25, -0.2) is 8.78 Å². The van der Waals surface area contributed by atoms with E-state index in [0.717, 1.165) is 33.9 Å². The van der Waals surface area contributed by atoms with Crippen molar-refractivity contribution in [2.75, 3.05) is 5.75 Å². The summed E-state index contributed by atoms with van der Waals surface area (Å²) in [6.45, 7) is 0.427. The van der Waals surface area contributed by atoms with E-state index in [9.17, 15) is 13.6 Å². The molecule has 0 unspecified atom stereocenters. The average molecular weight is 372 g/mol. The Hall–Kier alpha value is -1.40. The van der Waals surface area contributed by atoms with Crippen molar-refractivity contribution < 1.29 is 13.6 Å². The van der Waals surface area contributed by atoms with E-state index in [-0.39, 0.29) is 11.7 Å². The number of benzene rings is 2. The van der Waals surface area contributed by atoms with Crippen LogP contribution in [0.15, 0.2) is 51.8 Å². The predicted octanol–water partition coefficient (Wildman–Crippen LogP) is 4.14. The second-order valence-electron chi connectivity index (χ2n) is 4.27. The van der Waals surface area contributed by atoms with E-state index in [0.29, 0.717) is 11.4 Å². The minimum Gasteiger partial charge on any atom is -0.351 e. The number of thioether (sulfide) groups is 1. The number of hydrogen-bond acceptors (Lipinski definition) is 2. The highest BCUT2D eigenvalue weighted by Gasteiger charge is 2.06. The Kier molecular flexibility index (Phi) is 5.76. The molecule has 0 aliphatic heterocycles. The summed E-state index contributed by atoms with van der Waals surface area (Å²) in [5, 5.41) is 2.77. The summed E-state index contributed by atoms with van der Waals surface area (Å²) in [5.41, 5.74) is 0.982. The van der Waals surface area contributed by atoms with Gasteiger partial charge in [-0.2, -0.15) is 0 Å². The van der Waals surface area contributed by atoms with E-state index in [1.165, 1.54) is 6.07 Å². The molecule has 0 fully saturated rings. The summed E-state index contributed by atoms with van der Waals surface area (Å²) in [4.78, 5) is 12.2. The van der Waals surface area contributed by atoms with Crippen molar-refractivity contribution in [2.24, 2.45) is 0 Å². The number of rotatable bonds is 5. The third-order valence-electron chi connectivity index (χ3n) is 2.64. The quantitative estimate of drug-likeness (QED) is 0.800. The van der Waals surface area contributed by atoms with Crippen LogP contribution in [0.1, 0.15) is 5.56 Å². The zero-order chi connectivity index (χ0) is 15.2. The van der Waals surface area contributed by atoms with Gasteiger partial charge in [-0.1, -0.05) is 28.1 Å². The molecule has 0 aromatic heterocycles. The molecule has 0 aliphatic rings. The summed E-state index contributed by atoms with van der Waals surface area (Å²) in [6, 6.07) is 11.2. The number of carbonyl (C=O) groups is 1. The molecular weight excluding hydrogens is 360 g/mol. The van der Waals surface area contributed by atoms with Crippen LogP contribution in [0.3, 0.4) is 0 Å². The molecule has 2 aromatic rings. The largest absolute Gasteiger partial charge is 0.351 e. The van der Waals surface area contributed by atoms with Gasteiger partial charge in [0.25, 0.3) is 0 Å². The molecule has 0 saturated carbocycles. The topological polar surface area (TPSA) is 29.1 Å². The van der Waals surface area contributed by atoms with Crippen LogP contribution in [0, 0.1) is 11.6 Å². The lowest BCUT2D eigenvalue weighted by Gasteiger charge is -2.06. The number of halogens is 3. The van der Waals surface area contributed by atoms with Gasteiger partial charge in [0.2, 0.25) is 5.91 Å². The zero-order valence-electron chi connectivity index (χ0n) is 10.9. The first-order valence-electron chi connectivity index (χ1n) is 6.13. The van der Waals surface area contributed by atoms with Gasteiger partial charge in [0, 0.05) is 15.9 Å². The van der Waals surface area contributed by atoms with Crippen LogP contribution in [0.5, 0.6) is 0 Å². The molecule has 0 aliphatic carbocycles. The van der Waals surface area contributed by atoms with Crippen LogP contribution in [0.4, 0.5) is 8.78 Å². The van der Waals surface area contributed by atoms with Crippen molar-refractivity contribution in [1.29, 1.82) is 0 Å². The van der Waals surface area contributed by atoms with Gasteiger partial charge in [0.15, 0.2) is 11.6 Å². The minimum atomic E-state index is -0.908. The fraction of sp³-hybridized carbons (Fsp3) is 0.133. The van der Waals surface area contributed by atoms with E-state index < -0.39 is 11.6 Å². The van der Waals surface area contributed by atoms with Crippen LogP contribution in [-0.4, -0.2) is 11.7 Å². The van der Waals surface area contributed by atoms with Crippen molar-refractivity contribution in [1.82, 2.24) is 5.32 Å². The third kappa shape index (κ3) is 5.13. The van der Waals surface area contributed by atoms with Gasteiger partial charge in [0.1, 0.15) is 0 Å². The Labute approximate surface area is 134 Å². The minimum absolute atomic E-state index is 0.152. The summed E-state index contributed by atoms with van der Waals surface area (Å²) in [6.07, 6.45) is 0. The van der Waals surface area contributed by atoms with Crippen LogP contribution in [0.25, 0.3) is 0 Å². The number of amides is 1. The Balaban J connectivity index is 1.80. The lowest BCUT2D eigenvalue weighted by atomic mass is 10.2.